The summed E-state index contributed by atoms with van der Waals surface area (Å²) in [6.07, 6.45) is 0. The van der Waals surface area contributed by atoms with Crippen molar-refractivity contribution in [2.45, 2.75) is 20.1 Å². The van der Waals surface area contributed by atoms with E-state index < -0.39 is 0 Å². The lowest BCUT2D eigenvalue weighted by Gasteiger charge is -2.06. The van der Waals surface area contributed by atoms with Crippen molar-refractivity contribution in [3.05, 3.63) is 34.4 Å². The van der Waals surface area contributed by atoms with E-state index in [1.165, 1.54) is 10.9 Å². The Balaban J connectivity index is 2.63. The van der Waals surface area contributed by atoms with Crippen LogP contribution in [-0.4, -0.2) is 4.57 Å². The van der Waals surface area contributed by atoms with Crippen LogP contribution in [-0.2, 0) is 18.0 Å². The molecule has 1 aromatic carbocycles. The number of aryl methyl sites for hydroxylation is 1. The summed E-state index contributed by atoms with van der Waals surface area (Å²) in [5.41, 5.74) is 2.31. The molecule has 0 spiro atoms. The van der Waals surface area contributed by atoms with Crippen molar-refractivity contribution >= 4 is 26.8 Å². The molecule has 4 heteroatoms. The molecule has 0 amide bonds. The average molecular weight is 269 g/mol. The first-order valence-electron chi connectivity index (χ1n) is 4.85. The maximum absolute atomic E-state index is 5.11. The van der Waals surface area contributed by atoms with Crippen LogP contribution >= 0.6 is 15.9 Å². The van der Waals surface area contributed by atoms with Crippen molar-refractivity contribution in [1.82, 2.24) is 4.57 Å². The number of hydrogen-bond donors (Lipinski definition) is 1. The topological polar surface area (TPSA) is 40.2 Å². The Bertz CT molecular complexity index is 479. The predicted octanol–water partition coefficient (Wildman–Crippen LogP) is 2.81. The molecule has 2 aromatic rings. The molecule has 0 fully saturated rings. The molecule has 0 aliphatic carbocycles. The quantitative estimate of drug-likeness (QED) is 0.870. The van der Waals surface area contributed by atoms with E-state index in [4.69, 9.17) is 10.7 Å². The summed E-state index contributed by atoms with van der Waals surface area (Å²) in [6.45, 7) is 3.47. The molecule has 0 saturated heterocycles. The average Bonchev–Trinajstić information content (AvgIpc) is 2.55. The van der Waals surface area contributed by atoms with Gasteiger partial charge in [0, 0.05) is 27.6 Å². The van der Waals surface area contributed by atoms with Gasteiger partial charge in [-0.05, 0) is 25.1 Å². The fraction of sp³-hybridized carbons (Fsp3) is 0.273. The fourth-order valence-corrected chi connectivity index (χ4v) is 2.21. The molecular formula is C11H13BrN2O. The van der Waals surface area contributed by atoms with Crippen molar-refractivity contribution in [2.75, 3.05) is 0 Å². The first-order chi connectivity index (χ1) is 7.26. The number of nitrogens with two attached hydrogens (primary N) is 1. The highest BCUT2D eigenvalue weighted by atomic mass is 79.9. The third kappa shape index (κ3) is 1.93. The van der Waals surface area contributed by atoms with Gasteiger partial charge >= 0.3 is 0 Å². The normalized spacial score (nSPS) is 11.1. The van der Waals surface area contributed by atoms with E-state index in [-0.39, 0.29) is 0 Å². The van der Waals surface area contributed by atoms with Crippen molar-refractivity contribution in [2.24, 2.45) is 5.90 Å². The Morgan fingerprint density at radius 2 is 2.20 bits per heavy atom. The molecule has 0 saturated carbocycles. The second kappa shape index (κ2) is 4.35. The highest BCUT2D eigenvalue weighted by Crippen LogP contribution is 2.24. The number of aromatic nitrogens is 1. The lowest BCUT2D eigenvalue weighted by Crippen LogP contribution is -2.05. The molecule has 1 heterocycles. The summed E-state index contributed by atoms with van der Waals surface area (Å²) in [7, 11) is 0. The van der Waals surface area contributed by atoms with Gasteiger partial charge in [-0.25, -0.2) is 5.90 Å². The molecule has 0 unspecified atom stereocenters. The summed E-state index contributed by atoms with van der Waals surface area (Å²) in [5, 5.41) is 1.21. The van der Waals surface area contributed by atoms with E-state index in [0.29, 0.717) is 6.61 Å². The molecule has 3 nitrogen and oxygen atoms in total. The number of halogens is 1. The Hall–Kier alpha value is -0.840. The third-order valence-electron chi connectivity index (χ3n) is 2.50. The number of nitrogens with zero attached hydrogens (tertiary/aromatic N) is 1. The molecule has 1 aromatic heterocycles. The van der Waals surface area contributed by atoms with Gasteiger partial charge in [-0.2, -0.15) is 0 Å². The smallest absolute Gasteiger partial charge is 0.108 e. The lowest BCUT2D eigenvalue weighted by atomic mass is 10.2. The second-order valence-electron chi connectivity index (χ2n) is 3.39. The number of benzene rings is 1. The zero-order valence-corrected chi connectivity index (χ0v) is 10.1. The molecule has 0 radical (unpaired) electrons. The molecule has 0 aliphatic rings. The third-order valence-corrected chi connectivity index (χ3v) is 2.99. The highest BCUT2D eigenvalue weighted by molar-refractivity contribution is 9.10. The van der Waals surface area contributed by atoms with Gasteiger partial charge in [0.2, 0.25) is 0 Å². The van der Waals surface area contributed by atoms with Crippen molar-refractivity contribution in [1.29, 1.82) is 0 Å². The minimum Gasteiger partial charge on any atom is -0.343 e. The van der Waals surface area contributed by atoms with Crippen LogP contribution in [0.3, 0.4) is 0 Å². The van der Waals surface area contributed by atoms with E-state index >= 15 is 0 Å². The van der Waals surface area contributed by atoms with Gasteiger partial charge in [0.1, 0.15) is 6.61 Å². The van der Waals surface area contributed by atoms with Crippen LogP contribution in [0.1, 0.15) is 12.6 Å². The van der Waals surface area contributed by atoms with Gasteiger partial charge in [-0.15, -0.1) is 0 Å². The predicted molar refractivity (Wildman–Crippen MR) is 64.3 cm³/mol. The van der Waals surface area contributed by atoms with E-state index in [2.05, 4.69) is 45.6 Å². The van der Waals surface area contributed by atoms with Crippen LogP contribution in [0.4, 0.5) is 0 Å². The van der Waals surface area contributed by atoms with E-state index in [9.17, 15) is 0 Å². The Morgan fingerprint density at radius 1 is 1.40 bits per heavy atom. The molecule has 0 atom stereocenters. The van der Waals surface area contributed by atoms with Gasteiger partial charge in [0.15, 0.2) is 0 Å². The Morgan fingerprint density at radius 3 is 2.87 bits per heavy atom. The molecule has 2 N–H and O–H groups in total. The van der Waals surface area contributed by atoms with Crippen molar-refractivity contribution < 1.29 is 4.84 Å². The van der Waals surface area contributed by atoms with Crippen LogP contribution in [0.2, 0.25) is 0 Å². The summed E-state index contributed by atoms with van der Waals surface area (Å²) in [6, 6.07) is 8.35. The van der Waals surface area contributed by atoms with Crippen molar-refractivity contribution in [3.63, 3.8) is 0 Å². The Kier molecular flexibility index (Phi) is 3.09. The van der Waals surface area contributed by atoms with E-state index in [1.54, 1.807) is 0 Å². The maximum Gasteiger partial charge on any atom is 0.108 e. The van der Waals surface area contributed by atoms with Crippen LogP contribution < -0.4 is 5.90 Å². The lowest BCUT2D eigenvalue weighted by molar-refractivity contribution is 0.119. The summed E-state index contributed by atoms with van der Waals surface area (Å²) < 4.78 is 3.29. The molecule has 15 heavy (non-hydrogen) atoms. The number of fused-ring (bicyclic) bond motifs is 1. The molecule has 2 rings (SSSR count). The summed E-state index contributed by atoms with van der Waals surface area (Å²) >= 11 is 3.47. The standard InChI is InChI=1S/C11H13BrN2O/c1-2-14-10(7-15-13)5-8-3-4-9(12)6-11(8)14/h3-6H,2,7,13H2,1H3. The summed E-state index contributed by atoms with van der Waals surface area (Å²) in [4.78, 5) is 4.70. The van der Waals surface area contributed by atoms with Gasteiger partial charge < -0.3 is 4.57 Å². The minimum absolute atomic E-state index is 0.445. The zero-order valence-electron chi connectivity index (χ0n) is 8.53. The number of rotatable bonds is 3. The largest absolute Gasteiger partial charge is 0.343 e. The molecule has 80 valence electrons. The fourth-order valence-electron chi connectivity index (χ4n) is 1.86. The van der Waals surface area contributed by atoms with Gasteiger partial charge in [-0.1, -0.05) is 22.0 Å². The highest BCUT2D eigenvalue weighted by Gasteiger charge is 2.07. The van der Waals surface area contributed by atoms with Gasteiger partial charge in [-0.3, -0.25) is 4.84 Å². The SMILES string of the molecule is CCn1c(CON)cc2ccc(Br)cc21. The second-order valence-corrected chi connectivity index (χ2v) is 4.31. The van der Waals surface area contributed by atoms with Crippen LogP contribution in [0.25, 0.3) is 10.9 Å². The van der Waals surface area contributed by atoms with Gasteiger partial charge in [0.25, 0.3) is 0 Å². The maximum atomic E-state index is 5.11. The molecule has 0 bridgehead atoms. The molecule has 0 aliphatic heterocycles. The number of hydrogen-bond acceptors (Lipinski definition) is 2. The van der Waals surface area contributed by atoms with Crippen LogP contribution in [0, 0.1) is 0 Å². The minimum atomic E-state index is 0.445. The van der Waals surface area contributed by atoms with Gasteiger partial charge in [0.05, 0.1) is 0 Å². The first kappa shape index (κ1) is 10.7. The van der Waals surface area contributed by atoms with Crippen molar-refractivity contribution in [3.8, 4) is 0 Å². The Labute approximate surface area is 96.9 Å². The van der Waals surface area contributed by atoms with Crippen LogP contribution in [0.15, 0.2) is 28.7 Å². The monoisotopic (exact) mass is 268 g/mol. The summed E-state index contributed by atoms with van der Waals surface area (Å²) in [5.74, 6) is 5.11. The first-order valence-corrected chi connectivity index (χ1v) is 5.65. The zero-order chi connectivity index (χ0) is 10.8. The van der Waals surface area contributed by atoms with Crippen LogP contribution in [0.5, 0.6) is 0 Å². The van der Waals surface area contributed by atoms with E-state index in [1.807, 2.05) is 6.07 Å². The molecular weight excluding hydrogens is 256 g/mol. The van der Waals surface area contributed by atoms with E-state index in [0.717, 1.165) is 16.7 Å².